The average Bonchev–Trinajstić information content (AvgIpc) is 3.04. The van der Waals surface area contributed by atoms with Crippen LogP contribution < -0.4 is 4.74 Å². The highest BCUT2D eigenvalue weighted by molar-refractivity contribution is 6.68. The number of H-pyrrole nitrogens is 1. The lowest BCUT2D eigenvalue weighted by Crippen LogP contribution is -2.03. The van der Waals surface area contributed by atoms with Gasteiger partial charge >= 0.3 is 0 Å². The molecule has 0 aliphatic carbocycles. The summed E-state index contributed by atoms with van der Waals surface area (Å²) in [6, 6.07) is 13.6. The van der Waals surface area contributed by atoms with Crippen LogP contribution in [0, 0.1) is 0 Å². The number of rotatable bonds is 6. The number of nitrogens with zero attached hydrogens (tertiary/aromatic N) is 1. The predicted molar refractivity (Wildman–Crippen MR) is 96.0 cm³/mol. The van der Waals surface area contributed by atoms with Gasteiger partial charge in [0.05, 0.1) is 12.7 Å². The van der Waals surface area contributed by atoms with Crippen molar-refractivity contribution in [2.75, 3.05) is 7.11 Å². The molecule has 0 aliphatic heterocycles. The van der Waals surface area contributed by atoms with Crippen molar-refractivity contribution < 1.29 is 9.53 Å². The topological polar surface area (TPSA) is 55.0 Å². The van der Waals surface area contributed by atoms with Crippen molar-refractivity contribution in [3.05, 3.63) is 59.4 Å². The van der Waals surface area contributed by atoms with E-state index in [0.29, 0.717) is 22.3 Å². The number of hydrogen-bond donors (Lipinski definition) is 1. The Hall–Kier alpha value is -2.33. The molecule has 0 radical (unpaired) electrons. The van der Waals surface area contributed by atoms with Gasteiger partial charge in [-0.15, -0.1) is 0 Å². The first-order valence-corrected chi connectivity index (χ1v) is 8.34. The molecule has 3 rings (SSSR count). The molecule has 1 heterocycles. The molecule has 3 aromatic rings. The van der Waals surface area contributed by atoms with Gasteiger partial charge in [0.15, 0.2) is 0 Å². The highest BCUT2D eigenvalue weighted by Crippen LogP contribution is 2.33. The SMILES string of the molecule is CCCC(c1ccccc1)c1nc2c(C(=O)Cl)ccc(OC)c2[nH]1. The van der Waals surface area contributed by atoms with E-state index in [1.807, 2.05) is 18.2 Å². The van der Waals surface area contributed by atoms with Crippen molar-refractivity contribution in [2.24, 2.45) is 0 Å². The second-order valence-electron chi connectivity index (χ2n) is 5.69. The molecule has 0 bridgehead atoms. The Kier molecular flexibility index (Phi) is 4.86. The van der Waals surface area contributed by atoms with E-state index in [4.69, 9.17) is 21.3 Å². The van der Waals surface area contributed by atoms with Crippen molar-refractivity contribution >= 4 is 27.9 Å². The van der Waals surface area contributed by atoms with Crippen LogP contribution >= 0.6 is 11.6 Å². The number of aromatic amines is 1. The summed E-state index contributed by atoms with van der Waals surface area (Å²) in [6.07, 6.45) is 1.98. The summed E-state index contributed by atoms with van der Waals surface area (Å²) in [5, 5.41) is -0.521. The highest BCUT2D eigenvalue weighted by Gasteiger charge is 2.21. The van der Waals surface area contributed by atoms with Gasteiger partial charge in [-0.25, -0.2) is 4.98 Å². The quantitative estimate of drug-likeness (QED) is 0.649. The van der Waals surface area contributed by atoms with Gasteiger partial charge in [0, 0.05) is 5.92 Å². The minimum absolute atomic E-state index is 0.131. The summed E-state index contributed by atoms with van der Waals surface area (Å²) in [5.74, 6) is 1.60. The van der Waals surface area contributed by atoms with Crippen molar-refractivity contribution in [3.8, 4) is 5.75 Å². The lowest BCUT2D eigenvalue weighted by molar-refractivity contribution is 0.108. The number of imidazole rings is 1. The van der Waals surface area contributed by atoms with Crippen molar-refractivity contribution in [2.45, 2.75) is 25.7 Å². The zero-order valence-electron chi connectivity index (χ0n) is 13.7. The first-order valence-electron chi connectivity index (χ1n) is 7.97. The van der Waals surface area contributed by atoms with E-state index in [1.54, 1.807) is 19.2 Å². The molecular formula is C19H19ClN2O2. The number of hydrogen-bond acceptors (Lipinski definition) is 3. The molecule has 24 heavy (non-hydrogen) atoms. The van der Waals surface area contributed by atoms with Crippen molar-refractivity contribution in [1.29, 1.82) is 0 Å². The fourth-order valence-electron chi connectivity index (χ4n) is 3.02. The summed E-state index contributed by atoms with van der Waals surface area (Å²) in [7, 11) is 1.60. The van der Waals surface area contributed by atoms with Gasteiger partial charge in [0.25, 0.3) is 5.24 Å². The Morgan fingerprint density at radius 3 is 2.62 bits per heavy atom. The number of halogens is 1. The molecule has 0 saturated heterocycles. The maximum Gasteiger partial charge on any atom is 0.254 e. The maximum atomic E-state index is 11.7. The Morgan fingerprint density at radius 1 is 1.25 bits per heavy atom. The summed E-state index contributed by atoms with van der Waals surface area (Å²) < 4.78 is 5.40. The van der Waals surface area contributed by atoms with E-state index in [1.165, 1.54) is 5.56 Å². The first kappa shape index (κ1) is 16.5. The zero-order valence-corrected chi connectivity index (χ0v) is 14.4. The van der Waals surface area contributed by atoms with Crippen LogP contribution in [0.25, 0.3) is 11.0 Å². The summed E-state index contributed by atoms with van der Waals surface area (Å²) >= 11 is 5.71. The van der Waals surface area contributed by atoms with Crippen LogP contribution in [0.5, 0.6) is 5.75 Å². The fraction of sp³-hybridized carbons (Fsp3) is 0.263. The molecule has 1 unspecified atom stereocenters. The van der Waals surface area contributed by atoms with Gasteiger partial charge < -0.3 is 9.72 Å². The number of ether oxygens (including phenoxy) is 1. The van der Waals surface area contributed by atoms with Crippen LogP contribution in [0.1, 0.15) is 47.4 Å². The average molecular weight is 343 g/mol. The first-order chi connectivity index (χ1) is 11.7. The van der Waals surface area contributed by atoms with Crippen LogP contribution in [0.2, 0.25) is 0 Å². The van der Waals surface area contributed by atoms with Crippen LogP contribution in [0.15, 0.2) is 42.5 Å². The van der Waals surface area contributed by atoms with Gasteiger partial charge in [0.1, 0.15) is 22.6 Å². The van der Waals surface area contributed by atoms with Gasteiger partial charge in [-0.2, -0.15) is 0 Å². The van der Waals surface area contributed by atoms with E-state index in [9.17, 15) is 4.79 Å². The van der Waals surface area contributed by atoms with E-state index < -0.39 is 5.24 Å². The molecule has 0 amide bonds. The molecule has 0 saturated carbocycles. The standard InChI is InChI=1S/C19H19ClN2O2/c1-3-7-13(12-8-5-4-6-9-12)19-21-16-14(18(20)23)10-11-15(24-2)17(16)22-19/h4-6,8-11,13H,3,7H2,1-2H3,(H,21,22). The third kappa shape index (κ3) is 3.02. The highest BCUT2D eigenvalue weighted by atomic mass is 35.5. The molecule has 2 aromatic carbocycles. The number of carbonyl (C=O) groups excluding carboxylic acids is 1. The Morgan fingerprint density at radius 2 is 2.00 bits per heavy atom. The molecule has 124 valence electrons. The number of benzene rings is 2. The fourth-order valence-corrected chi connectivity index (χ4v) is 3.17. The molecule has 1 aromatic heterocycles. The number of carbonyl (C=O) groups is 1. The van der Waals surface area contributed by atoms with Crippen molar-refractivity contribution in [1.82, 2.24) is 9.97 Å². The summed E-state index contributed by atoms with van der Waals surface area (Å²) in [5.41, 5.74) is 2.84. The Bertz CT molecular complexity index is 858. The summed E-state index contributed by atoms with van der Waals surface area (Å²) in [6.45, 7) is 2.15. The number of aromatic nitrogens is 2. The third-order valence-corrected chi connectivity index (χ3v) is 4.37. The smallest absolute Gasteiger partial charge is 0.254 e. The summed E-state index contributed by atoms with van der Waals surface area (Å²) in [4.78, 5) is 19.7. The van der Waals surface area contributed by atoms with Gasteiger partial charge in [-0.05, 0) is 35.7 Å². The van der Waals surface area contributed by atoms with E-state index in [0.717, 1.165) is 18.7 Å². The molecule has 0 spiro atoms. The molecule has 0 aliphatic rings. The Labute approximate surface area is 145 Å². The minimum Gasteiger partial charge on any atom is -0.494 e. The van der Waals surface area contributed by atoms with Gasteiger partial charge in [0.2, 0.25) is 0 Å². The van der Waals surface area contributed by atoms with Crippen LogP contribution in [-0.4, -0.2) is 22.3 Å². The Balaban J connectivity index is 2.18. The van der Waals surface area contributed by atoms with E-state index in [2.05, 4.69) is 24.0 Å². The maximum absolute atomic E-state index is 11.7. The van der Waals surface area contributed by atoms with Crippen LogP contribution in [0.4, 0.5) is 0 Å². The van der Waals surface area contributed by atoms with Gasteiger partial charge in [-0.3, -0.25) is 4.79 Å². The number of fused-ring (bicyclic) bond motifs is 1. The predicted octanol–water partition coefficient (Wildman–Crippen LogP) is 4.88. The van der Waals surface area contributed by atoms with Crippen molar-refractivity contribution in [3.63, 3.8) is 0 Å². The lowest BCUT2D eigenvalue weighted by atomic mass is 9.94. The van der Waals surface area contributed by atoms with E-state index in [-0.39, 0.29) is 5.92 Å². The molecule has 5 heteroatoms. The van der Waals surface area contributed by atoms with Crippen LogP contribution in [-0.2, 0) is 0 Å². The normalized spacial score (nSPS) is 12.3. The molecule has 1 atom stereocenters. The second-order valence-corrected chi connectivity index (χ2v) is 6.03. The second kappa shape index (κ2) is 7.05. The zero-order chi connectivity index (χ0) is 17.1. The molecule has 1 N–H and O–H groups in total. The van der Waals surface area contributed by atoms with E-state index >= 15 is 0 Å². The minimum atomic E-state index is -0.521. The third-order valence-electron chi connectivity index (χ3n) is 4.17. The number of methoxy groups -OCH3 is 1. The largest absolute Gasteiger partial charge is 0.494 e. The molecule has 4 nitrogen and oxygen atoms in total. The number of nitrogens with one attached hydrogen (secondary N) is 1. The lowest BCUT2D eigenvalue weighted by Gasteiger charge is -2.13. The monoisotopic (exact) mass is 342 g/mol. The molecular weight excluding hydrogens is 324 g/mol. The van der Waals surface area contributed by atoms with Gasteiger partial charge in [-0.1, -0.05) is 43.7 Å². The van der Waals surface area contributed by atoms with Crippen LogP contribution in [0.3, 0.4) is 0 Å². The molecule has 0 fully saturated rings.